The molecule has 1 heterocycles. The zero-order valence-electron chi connectivity index (χ0n) is 8.04. The molecule has 0 fully saturated rings. The number of hydrogen-bond acceptors (Lipinski definition) is 6. The first-order valence-corrected chi connectivity index (χ1v) is 5.54. The van der Waals surface area contributed by atoms with Crippen molar-refractivity contribution in [1.29, 1.82) is 0 Å². The molecule has 0 aliphatic carbocycles. The molecule has 1 aliphatic rings. The summed E-state index contributed by atoms with van der Waals surface area (Å²) in [5.74, 6) is 0. The molecule has 1 rings (SSSR count). The summed E-state index contributed by atoms with van der Waals surface area (Å²) in [7, 11) is -4.63. The fourth-order valence-electron chi connectivity index (χ4n) is 0.957. The standard InChI is InChI=1S/C6H11N2O6P.H2O/c9-5(2-14-15(11,12)13)6(10)4-1-7-3-8-4;/h1,3-6,9-10H,2H2,(H2,11,12,13);1H2/t4?,5-,6+;/m1./s1. The van der Waals surface area contributed by atoms with Crippen molar-refractivity contribution < 1.29 is 34.6 Å². The summed E-state index contributed by atoms with van der Waals surface area (Å²) in [6, 6.07) is -0.708. The number of aliphatic hydroxyl groups is 2. The average molecular weight is 256 g/mol. The van der Waals surface area contributed by atoms with Crippen LogP contribution in [0.4, 0.5) is 0 Å². The minimum absolute atomic E-state index is 0. The summed E-state index contributed by atoms with van der Waals surface area (Å²) in [6.07, 6.45) is -0.223. The van der Waals surface area contributed by atoms with Crippen molar-refractivity contribution in [1.82, 2.24) is 0 Å². The SMILES string of the molecule is O.O=P(O)(O)OC[C@@H](O)[C@@H](O)C1C=NC=N1. The van der Waals surface area contributed by atoms with Crippen LogP contribution in [0.5, 0.6) is 0 Å². The number of nitrogens with zero attached hydrogens (tertiary/aromatic N) is 2. The van der Waals surface area contributed by atoms with Crippen molar-refractivity contribution in [3.63, 3.8) is 0 Å². The molecule has 0 spiro atoms. The van der Waals surface area contributed by atoms with Crippen LogP contribution in [0.25, 0.3) is 0 Å². The third-order valence-corrected chi connectivity index (χ3v) is 2.19. The van der Waals surface area contributed by atoms with Crippen molar-refractivity contribution in [3.05, 3.63) is 0 Å². The van der Waals surface area contributed by atoms with Crippen LogP contribution in [0.15, 0.2) is 9.98 Å². The smallest absolute Gasteiger partial charge is 0.412 e. The molecule has 16 heavy (non-hydrogen) atoms. The lowest BCUT2D eigenvalue weighted by atomic mass is 10.1. The predicted octanol–water partition coefficient (Wildman–Crippen LogP) is -2.53. The first-order valence-electron chi connectivity index (χ1n) is 4.01. The van der Waals surface area contributed by atoms with Gasteiger partial charge in [0.05, 0.1) is 6.61 Å². The number of aliphatic hydroxyl groups excluding tert-OH is 2. The highest BCUT2D eigenvalue weighted by molar-refractivity contribution is 7.46. The van der Waals surface area contributed by atoms with Gasteiger partial charge in [-0.15, -0.1) is 0 Å². The van der Waals surface area contributed by atoms with Crippen molar-refractivity contribution in [3.8, 4) is 0 Å². The molecule has 0 saturated carbocycles. The molecule has 10 heteroatoms. The minimum Gasteiger partial charge on any atom is -0.412 e. The van der Waals surface area contributed by atoms with Gasteiger partial charge in [0.15, 0.2) is 0 Å². The van der Waals surface area contributed by atoms with E-state index >= 15 is 0 Å². The van der Waals surface area contributed by atoms with Crippen molar-refractivity contribution in [2.24, 2.45) is 9.98 Å². The topological polar surface area (TPSA) is 163 Å². The second-order valence-corrected chi connectivity index (χ2v) is 4.14. The van der Waals surface area contributed by atoms with Crippen LogP contribution in [0.2, 0.25) is 0 Å². The summed E-state index contributed by atoms with van der Waals surface area (Å²) in [5.41, 5.74) is 0. The molecule has 0 aromatic carbocycles. The monoisotopic (exact) mass is 256 g/mol. The Morgan fingerprint density at radius 2 is 2.06 bits per heavy atom. The van der Waals surface area contributed by atoms with Crippen LogP contribution in [0.3, 0.4) is 0 Å². The van der Waals surface area contributed by atoms with Gasteiger partial charge in [0.1, 0.15) is 24.6 Å². The average Bonchev–Trinajstić information content (AvgIpc) is 2.64. The fourth-order valence-corrected chi connectivity index (χ4v) is 1.30. The Hall–Kier alpha value is -0.670. The molecule has 0 saturated heterocycles. The quantitative estimate of drug-likeness (QED) is 0.396. The van der Waals surface area contributed by atoms with Gasteiger partial charge in [-0.3, -0.25) is 9.52 Å². The van der Waals surface area contributed by atoms with Crippen molar-refractivity contribution >= 4 is 20.4 Å². The maximum absolute atomic E-state index is 10.3. The Kier molecular flexibility index (Phi) is 5.90. The van der Waals surface area contributed by atoms with E-state index in [0.29, 0.717) is 0 Å². The Morgan fingerprint density at radius 1 is 1.44 bits per heavy atom. The number of phosphoric ester groups is 1. The normalized spacial score (nSPS) is 22.9. The molecule has 1 aliphatic heterocycles. The molecule has 3 atom stereocenters. The van der Waals surface area contributed by atoms with Crippen LogP contribution in [0.1, 0.15) is 0 Å². The first-order chi connectivity index (χ1) is 6.90. The highest BCUT2D eigenvalue weighted by Gasteiger charge is 2.28. The summed E-state index contributed by atoms with van der Waals surface area (Å²) in [4.78, 5) is 24.0. The van der Waals surface area contributed by atoms with Gasteiger partial charge in [-0.2, -0.15) is 0 Å². The van der Waals surface area contributed by atoms with Crippen LogP contribution < -0.4 is 0 Å². The van der Waals surface area contributed by atoms with Crippen LogP contribution in [-0.4, -0.2) is 62.9 Å². The highest BCUT2D eigenvalue weighted by Crippen LogP contribution is 2.35. The van der Waals surface area contributed by atoms with Gasteiger partial charge >= 0.3 is 7.82 Å². The highest BCUT2D eigenvalue weighted by atomic mass is 31.2. The van der Waals surface area contributed by atoms with E-state index in [0.717, 1.165) is 0 Å². The molecule has 0 bridgehead atoms. The zero-order valence-corrected chi connectivity index (χ0v) is 8.94. The molecule has 0 radical (unpaired) electrons. The molecule has 0 aromatic heterocycles. The summed E-state index contributed by atoms with van der Waals surface area (Å²) >= 11 is 0. The largest absolute Gasteiger partial charge is 0.469 e. The number of rotatable bonds is 5. The second kappa shape index (κ2) is 6.16. The van der Waals surface area contributed by atoms with E-state index in [2.05, 4.69) is 14.5 Å². The molecule has 0 amide bonds. The van der Waals surface area contributed by atoms with E-state index in [1.54, 1.807) is 0 Å². The van der Waals surface area contributed by atoms with Gasteiger partial charge in [-0.25, -0.2) is 9.56 Å². The number of phosphoric acid groups is 1. The van der Waals surface area contributed by atoms with E-state index in [1.807, 2.05) is 0 Å². The van der Waals surface area contributed by atoms with Crippen LogP contribution >= 0.6 is 7.82 Å². The number of hydrogen-bond donors (Lipinski definition) is 4. The molecule has 94 valence electrons. The second-order valence-electron chi connectivity index (χ2n) is 2.90. The molecular weight excluding hydrogens is 243 g/mol. The Bertz CT molecular complexity index is 302. The van der Waals surface area contributed by atoms with E-state index in [9.17, 15) is 14.8 Å². The van der Waals surface area contributed by atoms with E-state index < -0.39 is 32.7 Å². The lowest BCUT2D eigenvalue weighted by Crippen LogP contribution is -2.39. The van der Waals surface area contributed by atoms with Gasteiger partial charge in [0.25, 0.3) is 0 Å². The molecular formula is C6H13N2O7P. The molecule has 0 aromatic rings. The van der Waals surface area contributed by atoms with Gasteiger partial charge in [0.2, 0.25) is 0 Å². The van der Waals surface area contributed by atoms with E-state index in [-0.39, 0.29) is 5.48 Å². The summed E-state index contributed by atoms with van der Waals surface area (Å²) in [5, 5.41) is 18.7. The van der Waals surface area contributed by atoms with Gasteiger partial charge in [0, 0.05) is 6.21 Å². The lowest BCUT2D eigenvalue weighted by Gasteiger charge is -2.19. The molecule has 9 nitrogen and oxygen atoms in total. The zero-order chi connectivity index (χ0) is 11.5. The summed E-state index contributed by atoms with van der Waals surface area (Å²) in [6.45, 7) is -0.675. The van der Waals surface area contributed by atoms with E-state index in [1.165, 1.54) is 12.6 Å². The minimum atomic E-state index is -4.63. The van der Waals surface area contributed by atoms with Crippen LogP contribution in [0, 0.1) is 0 Å². The maximum atomic E-state index is 10.3. The molecule has 1 unspecified atom stereocenters. The Balaban J connectivity index is 0.00000225. The van der Waals surface area contributed by atoms with E-state index in [4.69, 9.17) is 9.79 Å². The van der Waals surface area contributed by atoms with Gasteiger partial charge < -0.3 is 25.5 Å². The maximum Gasteiger partial charge on any atom is 0.469 e. The summed E-state index contributed by atoms with van der Waals surface area (Å²) < 4.78 is 14.3. The van der Waals surface area contributed by atoms with Gasteiger partial charge in [-0.1, -0.05) is 0 Å². The predicted molar refractivity (Wildman–Crippen MR) is 54.4 cm³/mol. The third-order valence-electron chi connectivity index (χ3n) is 1.70. The Labute approximate surface area is 90.7 Å². The third kappa shape index (κ3) is 4.90. The van der Waals surface area contributed by atoms with Crippen molar-refractivity contribution in [2.45, 2.75) is 18.2 Å². The van der Waals surface area contributed by atoms with Crippen LogP contribution in [-0.2, 0) is 9.09 Å². The fraction of sp³-hybridized carbons (Fsp3) is 0.667. The lowest BCUT2D eigenvalue weighted by molar-refractivity contribution is -0.0150. The molecule has 6 N–H and O–H groups in total. The van der Waals surface area contributed by atoms with Crippen molar-refractivity contribution in [2.75, 3.05) is 6.61 Å². The number of aliphatic imine (C=N–C) groups is 2. The van der Waals surface area contributed by atoms with Gasteiger partial charge in [-0.05, 0) is 0 Å². The first kappa shape index (κ1) is 15.3. The Morgan fingerprint density at radius 3 is 2.50 bits per heavy atom.